The van der Waals surface area contributed by atoms with Gasteiger partial charge in [-0.2, -0.15) is 18.3 Å². The minimum atomic E-state index is -0.131. The number of hydrogen-bond acceptors (Lipinski definition) is 23. The van der Waals surface area contributed by atoms with Crippen LogP contribution in [-0.2, 0) is 56.6 Å². The number of hydrogen-bond donors (Lipinski definition) is 1. The van der Waals surface area contributed by atoms with Crippen LogP contribution in [0, 0.1) is 0 Å². The van der Waals surface area contributed by atoms with Crippen molar-refractivity contribution >= 4 is 43.1 Å². The van der Waals surface area contributed by atoms with Gasteiger partial charge in [0.05, 0.1) is 175 Å². The number of likely N-dealkylation sites (tertiary alicyclic amines) is 2. The number of likely N-dealkylation sites (N-methyl/N-ethyl adjacent to an activating group) is 1. The number of rotatable bonds is 32. The smallest absolute Gasteiger partial charge is 0.213 e. The van der Waals surface area contributed by atoms with Crippen molar-refractivity contribution in [3.05, 3.63) is 168 Å². The van der Waals surface area contributed by atoms with Crippen LogP contribution in [-0.4, -0.2) is 259 Å². The first-order chi connectivity index (χ1) is 67.1. The number of morpholine rings is 1. The standard InChI is InChI=1S/C28H36N3O4.C28H35N2O5.C27H33N2O5.C27H33N2O4/c1-29-11-13-30(14-12-29)9-5-15-35-27-17-21-8-10-31-19-23-20(6-7-25(32-2)28(23)34-4)16-24(31)22(21)18-26(27)33-3;1-32-25-6-5-19-15-24-22-17-26(33-2)27(35-14-4-10-29-11-8-21(31)9-12-29)16-20(22)7-13-30(24)18-23(19)28(25)34-3;1-30-24-6-5-19-15-23-21-17-25(31-2)26(34-12-4-8-28-10-13-33-14-11-28)16-20(21)7-9-29(23)18-22(19)27(24)32-3;1-30-24-8-7-19-15-23-21-17-25(31-2)26(33-14-6-12-28-10-4-5-11-28)16-20(21)9-13-29(23)18-22(19)27(24)32-3/h6-7,16-19H,5,8-15H2,1-4H3;5-6,15-18,21,31H,4,7-14H2,1-3H3;5-6,15-18H,4,7-14H2,1-3H3;7-8,15-18H,4-6,9-14H2,1-3H3/q4*+1. The highest BCUT2D eigenvalue weighted by Gasteiger charge is 2.35. The predicted octanol–water partition coefficient (Wildman–Crippen LogP) is 14.7. The van der Waals surface area contributed by atoms with Crippen molar-refractivity contribution in [2.45, 2.75) is 109 Å². The molecule has 0 atom stereocenters. The molecule has 0 unspecified atom stereocenters. The maximum Gasteiger partial charge on any atom is 0.213 e. The Morgan fingerprint density at radius 3 is 0.825 bits per heavy atom. The van der Waals surface area contributed by atoms with E-state index in [-0.39, 0.29) is 6.10 Å². The normalized spacial score (nSPS) is 15.7. The molecule has 0 bridgehead atoms. The summed E-state index contributed by atoms with van der Waals surface area (Å²) in [6.45, 7) is 23.1. The topological polar surface area (TPSA) is 209 Å². The van der Waals surface area contributed by atoms with Crippen LogP contribution < -0.4 is 94.1 Å². The molecule has 0 spiro atoms. The number of aromatic nitrogens is 4. The van der Waals surface area contributed by atoms with Crippen LogP contribution in [0.5, 0.6) is 92.0 Å². The Morgan fingerprint density at radius 1 is 0.292 bits per heavy atom. The summed E-state index contributed by atoms with van der Waals surface area (Å²) in [7, 11) is 22.4. The van der Waals surface area contributed by atoms with E-state index in [9.17, 15) is 5.11 Å². The van der Waals surface area contributed by atoms with Gasteiger partial charge in [-0.1, -0.05) is 0 Å². The Morgan fingerprint density at radius 2 is 0.555 bits per heavy atom. The SMILES string of the molecule is COc1cc2c(cc1OCCCN1CCC(O)CC1)CC[n+]1cc3c(OC)c(OC)ccc3cc1-2.COc1cc2c(cc1OCCCN1CCCC1)CC[n+]1cc3c(OC)c(OC)ccc3cc1-2.COc1cc2c(cc1OCCCN1CCN(C)CC1)CC[n+]1cc3c(OC)c(OC)ccc3cc1-2.COc1cc2c(cc1OCCCN1CCOCC1)CC[n+]1cc3c(OC)c(OC)ccc3cc1-2. The molecule has 0 aliphatic carbocycles. The second-order valence-electron chi connectivity index (χ2n) is 36.3. The van der Waals surface area contributed by atoms with Gasteiger partial charge in [0.25, 0.3) is 0 Å². The predicted molar refractivity (Wildman–Crippen MR) is 531 cm³/mol. The van der Waals surface area contributed by atoms with Gasteiger partial charge in [0.1, 0.15) is 0 Å². The summed E-state index contributed by atoms with van der Waals surface area (Å²) >= 11 is 0. The van der Waals surface area contributed by atoms with E-state index in [0.717, 1.165) is 329 Å². The number of fused-ring (bicyclic) bond motifs is 16. The minimum absolute atomic E-state index is 0.131. The van der Waals surface area contributed by atoms with Crippen LogP contribution in [0.2, 0.25) is 0 Å². The first-order valence-corrected chi connectivity index (χ1v) is 48.7. The fourth-order valence-corrected chi connectivity index (χ4v) is 20.6. The molecule has 8 aliphatic rings. The zero-order valence-corrected chi connectivity index (χ0v) is 82.3. The molecule has 8 aliphatic heterocycles. The molecule has 0 saturated carbocycles. The third-order valence-electron chi connectivity index (χ3n) is 28.1. The summed E-state index contributed by atoms with van der Waals surface area (Å²) in [5.41, 5.74) is 14.5. The lowest BCUT2D eigenvalue weighted by molar-refractivity contribution is -0.686. The lowest BCUT2D eigenvalue weighted by Crippen LogP contribution is -2.44. The number of nitrogens with zero attached hydrogens (tertiary/aromatic N) is 9. The quantitative estimate of drug-likeness (QED) is 0.0307. The van der Waals surface area contributed by atoms with Gasteiger partial charge in [-0.15, -0.1) is 0 Å². The number of aryl methyl sites for hydroxylation is 8. The average Bonchev–Trinajstić information content (AvgIpc) is 1.03. The number of benzene rings is 8. The average molecular weight is 1870 g/mol. The van der Waals surface area contributed by atoms with Crippen LogP contribution in [0.15, 0.2) is 146 Å². The number of ether oxygens (including phenoxy) is 17. The van der Waals surface area contributed by atoms with Crippen LogP contribution >= 0.6 is 0 Å². The summed E-state index contributed by atoms with van der Waals surface area (Å²) in [5, 5.41) is 18.3. The fourth-order valence-electron chi connectivity index (χ4n) is 20.6. The molecular weight excluding hydrogens is 1740 g/mol. The van der Waals surface area contributed by atoms with E-state index in [1.165, 1.54) is 81.8 Å². The Hall–Kier alpha value is -12.1. The van der Waals surface area contributed by atoms with Gasteiger partial charge in [-0.3, -0.25) is 4.90 Å². The van der Waals surface area contributed by atoms with E-state index in [1.807, 2.05) is 24.3 Å². The van der Waals surface area contributed by atoms with Crippen LogP contribution in [0.4, 0.5) is 0 Å². The number of aliphatic hydroxyl groups is 1. The van der Waals surface area contributed by atoms with Gasteiger partial charge < -0.3 is 105 Å². The third-order valence-corrected chi connectivity index (χ3v) is 28.1. The Bertz CT molecular complexity index is 6040. The summed E-state index contributed by atoms with van der Waals surface area (Å²) in [6.07, 6.45) is 20.6. The summed E-state index contributed by atoms with van der Waals surface area (Å²) in [5.74, 6) is 12.4. The lowest BCUT2D eigenvalue weighted by atomic mass is 9.95. The number of methoxy groups -OCH3 is 12. The molecule has 27 nitrogen and oxygen atoms in total. The molecule has 12 aromatic rings. The first kappa shape index (κ1) is 96.6. The van der Waals surface area contributed by atoms with Gasteiger partial charge in [-0.05, 0) is 212 Å². The van der Waals surface area contributed by atoms with Crippen molar-refractivity contribution in [1.82, 2.24) is 24.5 Å². The molecule has 0 radical (unpaired) electrons. The van der Waals surface area contributed by atoms with E-state index in [0.29, 0.717) is 26.4 Å². The van der Waals surface area contributed by atoms with Gasteiger partial charge in [-0.25, -0.2) is 0 Å². The van der Waals surface area contributed by atoms with Crippen LogP contribution in [0.25, 0.3) is 88.1 Å². The van der Waals surface area contributed by atoms with Crippen molar-refractivity contribution < 1.29 is 104 Å². The molecule has 4 fully saturated rings. The zero-order chi connectivity index (χ0) is 95.0. The summed E-state index contributed by atoms with van der Waals surface area (Å²) < 4.78 is 107. The third kappa shape index (κ3) is 21.8. The Labute approximate surface area is 805 Å². The monoisotopic (exact) mass is 1870 g/mol. The fraction of sp³-hybridized carbons (Fsp3) is 0.455. The molecular formula is C110H137N9O18+4. The molecule has 12 heterocycles. The van der Waals surface area contributed by atoms with Crippen molar-refractivity contribution in [3.8, 4) is 137 Å². The largest absolute Gasteiger partial charge is 0.493 e. The summed E-state index contributed by atoms with van der Waals surface area (Å²) in [4.78, 5) is 12.3. The number of piperidine rings is 1. The first-order valence-electron chi connectivity index (χ1n) is 48.7. The highest BCUT2D eigenvalue weighted by atomic mass is 16.5. The van der Waals surface area contributed by atoms with Gasteiger partial charge >= 0.3 is 0 Å². The molecule has 8 aromatic carbocycles. The van der Waals surface area contributed by atoms with Crippen molar-refractivity contribution in [1.29, 1.82) is 0 Å². The zero-order valence-electron chi connectivity index (χ0n) is 82.3. The van der Waals surface area contributed by atoms with Crippen molar-refractivity contribution in [2.24, 2.45) is 0 Å². The lowest BCUT2D eigenvalue weighted by Gasteiger charge is -2.32. The Kier molecular flexibility index (Phi) is 32.1. The second kappa shape index (κ2) is 45.5. The minimum Gasteiger partial charge on any atom is -0.493 e. The van der Waals surface area contributed by atoms with E-state index >= 15 is 0 Å². The molecule has 726 valence electrons. The molecule has 4 saturated heterocycles. The van der Waals surface area contributed by atoms with E-state index in [1.54, 1.807) is 85.3 Å². The maximum atomic E-state index is 9.68. The van der Waals surface area contributed by atoms with Gasteiger partial charge in [0, 0.05) is 128 Å². The van der Waals surface area contributed by atoms with E-state index < -0.39 is 0 Å². The highest BCUT2D eigenvalue weighted by molar-refractivity contribution is 5.95. The highest BCUT2D eigenvalue weighted by Crippen LogP contribution is 2.47. The number of pyridine rings is 4. The maximum absolute atomic E-state index is 9.68. The van der Waals surface area contributed by atoms with Crippen LogP contribution in [0.1, 0.15) is 73.6 Å². The van der Waals surface area contributed by atoms with Gasteiger partial charge in [0.2, 0.25) is 22.8 Å². The van der Waals surface area contributed by atoms with Crippen molar-refractivity contribution in [3.63, 3.8) is 0 Å². The summed E-state index contributed by atoms with van der Waals surface area (Å²) in [6, 6.07) is 42.2. The molecule has 137 heavy (non-hydrogen) atoms. The number of piperazine rings is 1. The Balaban J connectivity index is 0.000000127. The van der Waals surface area contributed by atoms with Crippen molar-refractivity contribution in [2.75, 3.05) is 224 Å². The molecule has 27 heteroatoms. The molecule has 4 aromatic heterocycles. The molecule has 0 amide bonds. The molecule has 20 rings (SSSR count). The second-order valence-corrected chi connectivity index (χ2v) is 36.3. The van der Waals surface area contributed by atoms with Crippen LogP contribution in [0.3, 0.4) is 0 Å². The van der Waals surface area contributed by atoms with E-state index in [4.69, 9.17) is 80.5 Å². The van der Waals surface area contributed by atoms with E-state index in [2.05, 4.69) is 172 Å². The molecule has 1 N–H and O–H groups in total. The number of aliphatic hydroxyl groups excluding tert-OH is 1. The van der Waals surface area contributed by atoms with Gasteiger partial charge in [0.15, 0.2) is 143 Å².